The molecule has 0 aliphatic heterocycles. The summed E-state index contributed by atoms with van der Waals surface area (Å²) in [7, 11) is 0. The molecule has 18 heavy (non-hydrogen) atoms. The molecule has 5 nitrogen and oxygen atoms in total. The fourth-order valence-electron chi connectivity index (χ4n) is 1.84. The maximum Gasteiger partial charge on any atom is 0.239 e. The summed E-state index contributed by atoms with van der Waals surface area (Å²) in [6.45, 7) is 3.32. The van der Waals surface area contributed by atoms with Gasteiger partial charge in [-0.3, -0.25) is 9.48 Å². The molecule has 1 aromatic heterocycles. The molecule has 3 N–H and O–H groups in total. The molecule has 1 heterocycles. The normalized spacial score (nSPS) is 10.5. The van der Waals surface area contributed by atoms with Crippen LogP contribution in [0.3, 0.4) is 0 Å². The topological polar surface area (TPSA) is 72.9 Å². The number of hydrogen-bond donors (Lipinski definition) is 2. The SMILES string of the molecule is CCCCCCCCNc1cnn(CC(N)=O)c1. The lowest BCUT2D eigenvalue weighted by Crippen LogP contribution is -2.18. The number of anilines is 1. The zero-order valence-electron chi connectivity index (χ0n) is 11.2. The van der Waals surface area contributed by atoms with E-state index in [0.717, 1.165) is 12.2 Å². The van der Waals surface area contributed by atoms with Crippen molar-refractivity contribution in [3.05, 3.63) is 12.4 Å². The van der Waals surface area contributed by atoms with Crippen LogP contribution in [0.25, 0.3) is 0 Å². The molecule has 0 atom stereocenters. The molecule has 0 spiro atoms. The largest absolute Gasteiger partial charge is 0.383 e. The lowest BCUT2D eigenvalue weighted by atomic mass is 10.1. The number of aromatic nitrogens is 2. The zero-order chi connectivity index (χ0) is 13.2. The molecule has 0 aliphatic rings. The van der Waals surface area contributed by atoms with E-state index in [4.69, 9.17) is 5.73 Å². The van der Waals surface area contributed by atoms with E-state index in [1.54, 1.807) is 10.9 Å². The molecule has 0 aromatic carbocycles. The monoisotopic (exact) mass is 252 g/mol. The molecule has 1 aromatic rings. The molecular formula is C13H24N4O. The quantitative estimate of drug-likeness (QED) is 0.627. The van der Waals surface area contributed by atoms with E-state index in [9.17, 15) is 4.79 Å². The van der Waals surface area contributed by atoms with Crippen molar-refractivity contribution in [3.63, 3.8) is 0 Å². The molecule has 0 unspecified atom stereocenters. The Labute approximate surface area is 109 Å². The third-order valence-corrected chi connectivity index (χ3v) is 2.81. The van der Waals surface area contributed by atoms with E-state index in [2.05, 4.69) is 17.3 Å². The van der Waals surface area contributed by atoms with Crippen molar-refractivity contribution in [3.8, 4) is 0 Å². The second-order valence-corrected chi connectivity index (χ2v) is 4.59. The van der Waals surface area contributed by atoms with E-state index in [0.29, 0.717) is 0 Å². The molecule has 0 fully saturated rings. The van der Waals surface area contributed by atoms with Gasteiger partial charge in [0.15, 0.2) is 0 Å². The molecule has 102 valence electrons. The van der Waals surface area contributed by atoms with Crippen LogP contribution in [0, 0.1) is 0 Å². The number of nitrogens with zero attached hydrogens (tertiary/aromatic N) is 2. The van der Waals surface area contributed by atoms with Crippen molar-refractivity contribution >= 4 is 11.6 Å². The first kappa shape index (κ1) is 14.5. The number of rotatable bonds is 10. The summed E-state index contributed by atoms with van der Waals surface area (Å²) in [5.74, 6) is -0.374. The van der Waals surface area contributed by atoms with Crippen LogP contribution in [-0.4, -0.2) is 22.2 Å². The van der Waals surface area contributed by atoms with Crippen molar-refractivity contribution in [1.29, 1.82) is 0 Å². The second kappa shape index (κ2) is 8.55. The molecule has 1 rings (SSSR count). The van der Waals surface area contributed by atoms with E-state index >= 15 is 0 Å². The van der Waals surface area contributed by atoms with Crippen LogP contribution < -0.4 is 11.1 Å². The van der Waals surface area contributed by atoms with Gasteiger partial charge in [-0.2, -0.15) is 5.10 Å². The Kier molecular flexibility index (Phi) is 6.91. The lowest BCUT2D eigenvalue weighted by Gasteiger charge is -2.03. The fraction of sp³-hybridized carbons (Fsp3) is 0.692. The van der Waals surface area contributed by atoms with Gasteiger partial charge in [0.2, 0.25) is 5.91 Å². The number of carbonyl (C=O) groups excluding carboxylic acids is 1. The molecule has 0 bridgehead atoms. The van der Waals surface area contributed by atoms with Gasteiger partial charge >= 0.3 is 0 Å². The highest BCUT2D eigenvalue weighted by molar-refractivity contribution is 5.73. The number of unbranched alkanes of at least 4 members (excludes halogenated alkanes) is 5. The number of primary amides is 1. The van der Waals surface area contributed by atoms with Gasteiger partial charge in [-0.1, -0.05) is 39.0 Å². The first-order chi connectivity index (χ1) is 8.72. The first-order valence-electron chi connectivity index (χ1n) is 6.77. The van der Waals surface area contributed by atoms with Crippen molar-refractivity contribution < 1.29 is 4.79 Å². The zero-order valence-corrected chi connectivity index (χ0v) is 11.2. The van der Waals surface area contributed by atoms with Crippen molar-refractivity contribution in [1.82, 2.24) is 9.78 Å². The fourth-order valence-corrected chi connectivity index (χ4v) is 1.84. The summed E-state index contributed by atoms with van der Waals surface area (Å²) in [6.07, 6.45) is 11.3. The van der Waals surface area contributed by atoms with Crippen LogP contribution in [0.5, 0.6) is 0 Å². The number of nitrogens with two attached hydrogens (primary N) is 1. The standard InChI is InChI=1S/C13H24N4O/c1-2-3-4-5-6-7-8-15-12-9-16-17(10-12)11-13(14)18/h9-10,15H,2-8,11H2,1H3,(H2,14,18). The summed E-state index contributed by atoms with van der Waals surface area (Å²) in [4.78, 5) is 10.7. The van der Waals surface area contributed by atoms with Gasteiger partial charge < -0.3 is 11.1 Å². The Balaban J connectivity index is 2.08. The maximum atomic E-state index is 10.7. The van der Waals surface area contributed by atoms with Crippen LogP contribution in [0.1, 0.15) is 45.4 Å². The average Bonchev–Trinajstić information content (AvgIpc) is 2.75. The Morgan fingerprint density at radius 1 is 1.33 bits per heavy atom. The van der Waals surface area contributed by atoms with Crippen molar-refractivity contribution in [2.75, 3.05) is 11.9 Å². The highest BCUT2D eigenvalue weighted by Crippen LogP contribution is 2.07. The average molecular weight is 252 g/mol. The number of hydrogen-bond acceptors (Lipinski definition) is 3. The summed E-state index contributed by atoms with van der Waals surface area (Å²) >= 11 is 0. The van der Waals surface area contributed by atoms with Crippen molar-refractivity contribution in [2.24, 2.45) is 5.73 Å². The maximum absolute atomic E-state index is 10.7. The van der Waals surface area contributed by atoms with Crippen LogP contribution in [-0.2, 0) is 11.3 Å². The van der Waals surface area contributed by atoms with Gasteiger partial charge in [-0.25, -0.2) is 0 Å². The molecule has 0 saturated carbocycles. The number of carbonyl (C=O) groups is 1. The Bertz CT molecular complexity index is 349. The molecule has 1 amide bonds. The molecule has 0 aliphatic carbocycles. The minimum absolute atomic E-state index is 0.138. The van der Waals surface area contributed by atoms with Gasteiger partial charge in [-0.05, 0) is 6.42 Å². The second-order valence-electron chi connectivity index (χ2n) is 4.59. The highest BCUT2D eigenvalue weighted by atomic mass is 16.1. The van der Waals surface area contributed by atoms with Crippen LogP contribution >= 0.6 is 0 Å². The summed E-state index contributed by atoms with van der Waals surface area (Å²) in [5, 5.41) is 7.34. The van der Waals surface area contributed by atoms with Crippen LogP contribution in [0.4, 0.5) is 5.69 Å². The summed E-state index contributed by atoms with van der Waals surface area (Å²) in [5.41, 5.74) is 6.04. The predicted molar refractivity (Wildman–Crippen MR) is 73.3 cm³/mol. The van der Waals surface area contributed by atoms with E-state index in [-0.39, 0.29) is 12.5 Å². The minimum Gasteiger partial charge on any atom is -0.383 e. The third kappa shape index (κ3) is 6.27. The van der Waals surface area contributed by atoms with Gasteiger partial charge in [-0.15, -0.1) is 0 Å². The van der Waals surface area contributed by atoms with Crippen LogP contribution in [0.2, 0.25) is 0 Å². The van der Waals surface area contributed by atoms with Crippen LogP contribution in [0.15, 0.2) is 12.4 Å². The smallest absolute Gasteiger partial charge is 0.239 e. The van der Waals surface area contributed by atoms with Crippen molar-refractivity contribution in [2.45, 2.75) is 52.0 Å². The summed E-state index contributed by atoms with van der Waals surface area (Å²) < 4.78 is 1.55. The van der Waals surface area contributed by atoms with Gasteiger partial charge in [0.05, 0.1) is 11.9 Å². The molecular weight excluding hydrogens is 228 g/mol. The van der Waals surface area contributed by atoms with E-state index in [1.165, 1.54) is 38.5 Å². The third-order valence-electron chi connectivity index (χ3n) is 2.81. The van der Waals surface area contributed by atoms with Gasteiger partial charge in [0.25, 0.3) is 0 Å². The molecule has 5 heteroatoms. The van der Waals surface area contributed by atoms with E-state index < -0.39 is 0 Å². The Morgan fingerprint density at radius 2 is 2.06 bits per heavy atom. The Hall–Kier alpha value is -1.52. The molecule has 0 radical (unpaired) electrons. The first-order valence-corrected chi connectivity index (χ1v) is 6.77. The highest BCUT2D eigenvalue weighted by Gasteiger charge is 2.00. The lowest BCUT2D eigenvalue weighted by molar-refractivity contribution is -0.118. The minimum atomic E-state index is -0.374. The number of nitrogens with one attached hydrogen (secondary N) is 1. The summed E-state index contributed by atoms with van der Waals surface area (Å²) in [6, 6.07) is 0. The number of amides is 1. The van der Waals surface area contributed by atoms with E-state index in [1.807, 2.05) is 6.20 Å². The molecule has 0 saturated heterocycles. The predicted octanol–water partition coefficient (Wildman–Crippen LogP) is 2.14. The van der Waals surface area contributed by atoms with Gasteiger partial charge in [0.1, 0.15) is 6.54 Å². The van der Waals surface area contributed by atoms with Gasteiger partial charge in [0, 0.05) is 12.7 Å². The Morgan fingerprint density at radius 3 is 2.78 bits per heavy atom.